The molecule has 6 heteroatoms. The summed E-state index contributed by atoms with van der Waals surface area (Å²) in [6.07, 6.45) is 4.97. The van der Waals surface area contributed by atoms with Gasteiger partial charge < -0.3 is 14.6 Å². The number of ether oxygens (including phenoxy) is 1. The van der Waals surface area contributed by atoms with Crippen LogP contribution >= 0.6 is 0 Å². The van der Waals surface area contributed by atoms with Crippen molar-refractivity contribution in [2.45, 2.75) is 13.5 Å². The van der Waals surface area contributed by atoms with Gasteiger partial charge in [-0.05, 0) is 55.0 Å². The van der Waals surface area contributed by atoms with Crippen molar-refractivity contribution in [3.05, 3.63) is 95.0 Å². The van der Waals surface area contributed by atoms with E-state index in [1.165, 1.54) is 6.07 Å². The molecule has 0 aliphatic heterocycles. The van der Waals surface area contributed by atoms with Crippen LogP contribution in [0.4, 0.5) is 5.69 Å². The van der Waals surface area contributed by atoms with Crippen LogP contribution in [0.3, 0.4) is 0 Å². The smallest absolute Gasteiger partial charge is 0.244 e. The maximum absolute atomic E-state index is 12.5. The van der Waals surface area contributed by atoms with E-state index >= 15 is 0 Å². The lowest BCUT2D eigenvalue weighted by Crippen LogP contribution is -2.20. The number of amides is 1. The number of pyridine rings is 2. The molecule has 144 valence electrons. The van der Waals surface area contributed by atoms with E-state index in [2.05, 4.69) is 10.3 Å². The van der Waals surface area contributed by atoms with E-state index < -0.39 is 0 Å². The molecular formula is C23H19N3O3. The standard InChI is InChI=1S/C23H19N3O3/c1-16-13-17(8-9-22(16)29-18-5-4-11-24-14-18)25-23(28)15-26-12-10-21(27)19-6-2-3-7-20(19)26/h2-14H,15H2,1H3,(H,25,28). The molecule has 0 aliphatic rings. The number of rotatable bonds is 5. The highest BCUT2D eigenvalue weighted by Gasteiger charge is 2.09. The summed E-state index contributed by atoms with van der Waals surface area (Å²) < 4.78 is 7.58. The molecule has 0 saturated carbocycles. The molecule has 1 N–H and O–H groups in total. The highest BCUT2D eigenvalue weighted by molar-refractivity contribution is 5.92. The van der Waals surface area contributed by atoms with E-state index in [0.717, 1.165) is 11.1 Å². The Morgan fingerprint density at radius 1 is 1.10 bits per heavy atom. The van der Waals surface area contributed by atoms with Crippen LogP contribution in [0.2, 0.25) is 0 Å². The molecule has 0 atom stereocenters. The monoisotopic (exact) mass is 385 g/mol. The number of carbonyl (C=O) groups is 1. The maximum Gasteiger partial charge on any atom is 0.244 e. The Balaban J connectivity index is 1.48. The molecule has 0 unspecified atom stereocenters. The maximum atomic E-state index is 12.5. The summed E-state index contributed by atoms with van der Waals surface area (Å²) in [6, 6.07) is 17.8. The lowest BCUT2D eigenvalue weighted by molar-refractivity contribution is -0.116. The number of fused-ring (bicyclic) bond motifs is 1. The third-order valence-electron chi connectivity index (χ3n) is 4.52. The van der Waals surface area contributed by atoms with Crippen molar-refractivity contribution in [2.24, 2.45) is 0 Å². The van der Waals surface area contributed by atoms with Crippen LogP contribution in [0.15, 0.2) is 84.0 Å². The summed E-state index contributed by atoms with van der Waals surface area (Å²) in [4.78, 5) is 28.6. The first-order valence-corrected chi connectivity index (χ1v) is 9.17. The molecule has 6 nitrogen and oxygen atoms in total. The van der Waals surface area contributed by atoms with Gasteiger partial charge in [0.25, 0.3) is 0 Å². The lowest BCUT2D eigenvalue weighted by atomic mass is 10.2. The van der Waals surface area contributed by atoms with E-state index in [1.807, 2.05) is 43.3 Å². The summed E-state index contributed by atoms with van der Waals surface area (Å²) in [5, 5.41) is 3.49. The van der Waals surface area contributed by atoms with Gasteiger partial charge in [0.15, 0.2) is 5.43 Å². The van der Waals surface area contributed by atoms with Crippen LogP contribution in [0.1, 0.15) is 5.56 Å². The van der Waals surface area contributed by atoms with Crippen LogP contribution in [-0.4, -0.2) is 15.5 Å². The molecule has 2 aromatic carbocycles. The Kier molecular flexibility index (Phi) is 5.07. The topological polar surface area (TPSA) is 73.2 Å². The Morgan fingerprint density at radius 2 is 1.97 bits per heavy atom. The molecule has 4 aromatic rings. The second-order valence-corrected chi connectivity index (χ2v) is 6.64. The molecule has 0 fully saturated rings. The highest BCUT2D eigenvalue weighted by atomic mass is 16.5. The normalized spacial score (nSPS) is 10.7. The Hall–Kier alpha value is -3.93. The predicted molar refractivity (Wildman–Crippen MR) is 112 cm³/mol. The first-order chi connectivity index (χ1) is 14.1. The van der Waals surface area contributed by atoms with Gasteiger partial charge in [-0.2, -0.15) is 0 Å². The van der Waals surface area contributed by atoms with Gasteiger partial charge >= 0.3 is 0 Å². The molecule has 4 rings (SSSR count). The third-order valence-corrected chi connectivity index (χ3v) is 4.52. The van der Waals surface area contributed by atoms with Crippen molar-refractivity contribution >= 4 is 22.5 Å². The summed E-state index contributed by atoms with van der Waals surface area (Å²) in [6.45, 7) is 2.02. The molecule has 29 heavy (non-hydrogen) atoms. The molecule has 1 amide bonds. The fourth-order valence-electron chi connectivity index (χ4n) is 3.13. The van der Waals surface area contributed by atoms with E-state index in [9.17, 15) is 9.59 Å². The number of hydrogen-bond donors (Lipinski definition) is 1. The SMILES string of the molecule is Cc1cc(NC(=O)Cn2ccc(=O)c3ccccc32)ccc1Oc1cccnc1. The summed E-state index contributed by atoms with van der Waals surface area (Å²) in [5.74, 6) is 1.17. The number of hydrogen-bond acceptors (Lipinski definition) is 4. The molecule has 0 aliphatic carbocycles. The highest BCUT2D eigenvalue weighted by Crippen LogP contribution is 2.26. The molecule has 0 bridgehead atoms. The van der Waals surface area contributed by atoms with Crippen LogP contribution in [-0.2, 0) is 11.3 Å². The lowest BCUT2D eigenvalue weighted by Gasteiger charge is -2.13. The zero-order valence-electron chi connectivity index (χ0n) is 15.8. The van der Waals surface area contributed by atoms with Gasteiger partial charge in [-0.1, -0.05) is 12.1 Å². The minimum absolute atomic E-state index is 0.0583. The second kappa shape index (κ2) is 7.98. The van der Waals surface area contributed by atoms with Crippen LogP contribution in [0.5, 0.6) is 11.5 Å². The number of anilines is 1. The Morgan fingerprint density at radius 3 is 2.76 bits per heavy atom. The molecule has 2 aromatic heterocycles. The van der Waals surface area contributed by atoms with E-state index in [-0.39, 0.29) is 17.9 Å². The summed E-state index contributed by atoms with van der Waals surface area (Å²) >= 11 is 0. The minimum atomic E-state index is -0.181. The molecule has 0 saturated heterocycles. The average molecular weight is 385 g/mol. The van der Waals surface area contributed by atoms with Crippen molar-refractivity contribution in [2.75, 3.05) is 5.32 Å². The van der Waals surface area contributed by atoms with Crippen molar-refractivity contribution in [1.29, 1.82) is 0 Å². The number of carbonyl (C=O) groups excluding carboxylic acids is 1. The first kappa shape index (κ1) is 18.4. The molecule has 2 heterocycles. The van der Waals surface area contributed by atoms with Gasteiger partial charge in [-0.25, -0.2) is 0 Å². The number of benzene rings is 2. The summed E-state index contributed by atoms with van der Waals surface area (Å²) in [5.41, 5.74) is 2.24. The number of nitrogens with zero attached hydrogens (tertiary/aromatic N) is 2. The van der Waals surface area contributed by atoms with Gasteiger partial charge in [0.05, 0.1) is 11.7 Å². The average Bonchev–Trinajstić information content (AvgIpc) is 2.73. The van der Waals surface area contributed by atoms with Crippen molar-refractivity contribution in [3.8, 4) is 11.5 Å². The van der Waals surface area contributed by atoms with Crippen molar-refractivity contribution < 1.29 is 9.53 Å². The quantitative estimate of drug-likeness (QED) is 0.560. The fraction of sp³-hybridized carbons (Fsp3) is 0.0870. The minimum Gasteiger partial charge on any atom is -0.455 e. The second-order valence-electron chi connectivity index (χ2n) is 6.64. The van der Waals surface area contributed by atoms with Gasteiger partial charge in [-0.3, -0.25) is 14.6 Å². The van der Waals surface area contributed by atoms with Crippen LogP contribution in [0, 0.1) is 6.92 Å². The Bertz CT molecular complexity index is 1230. The summed E-state index contributed by atoms with van der Waals surface area (Å²) in [7, 11) is 0. The zero-order valence-corrected chi connectivity index (χ0v) is 15.8. The number of aromatic nitrogens is 2. The van der Waals surface area contributed by atoms with Gasteiger partial charge in [0.2, 0.25) is 5.91 Å². The predicted octanol–water partition coefficient (Wildman–Crippen LogP) is 4.14. The Labute approximate surface area is 167 Å². The van der Waals surface area contributed by atoms with Crippen LogP contribution < -0.4 is 15.5 Å². The van der Waals surface area contributed by atoms with Gasteiger partial charge in [-0.15, -0.1) is 0 Å². The van der Waals surface area contributed by atoms with Gasteiger partial charge in [0.1, 0.15) is 18.0 Å². The zero-order chi connectivity index (χ0) is 20.2. The van der Waals surface area contributed by atoms with E-state index in [1.54, 1.807) is 41.4 Å². The van der Waals surface area contributed by atoms with E-state index in [0.29, 0.717) is 22.6 Å². The van der Waals surface area contributed by atoms with Crippen molar-refractivity contribution in [3.63, 3.8) is 0 Å². The van der Waals surface area contributed by atoms with Gasteiger partial charge in [0, 0.05) is 29.5 Å². The fourth-order valence-corrected chi connectivity index (χ4v) is 3.13. The molecular weight excluding hydrogens is 366 g/mol. The third kappa shape index (κ3) is 4.16. The number of aryl methyl sites for hydroxylation is 1. The molecule has 0 spiro atoms. The number of nitrogens with one attached hydrogen (secondary N) is 1. The number of para-hydroxylation sites is 1. The molecule has 0 radical (unpaired) electrons. The van der Waals surface area contributed by atoms with Crippen LogP contribution in [0.25, 0.3) is 10.9 Å². The van der Waals surface area contributed by atoms with Crippen molar-refractivity contribution in [1.82, 2.24) is 9.55 Å². The largest absolute Gasteiger partial charge is 0.455 e. The first-order valence-electron chi connectivity index (χ1n) is 9.17. The van der Waals surface area contributed by atoms with E-state index in [4.69, 9.17) is 4.74 Å².